The quantitative estimate of drug-likeness (QED) is 0.774. The van der Waals surface area contributed by atoms with Crippen molar-refractivity contribution in [3.63, 3.8) is 0 Å². The van der Waals surface area contributed by atoms with Gasteiger partial charge in [0.2, 0.25) is 10.0 Å². The summed E-state index contributed by atoms with van der Waals surface area (Å²) in [6.07, 6.45) is 0. The molecule has 0 saturated carbocycles. The smallest absolute Gasteiger partial charge is 0.242 e. The van der Waals surface area contributed by atoms with Gasteiger partial charge in [-0.2, -0.15) is 0 Å². The molecule has 0 radical (unpaired) electrons. The second-order valence-corrected chi connectivity index (χ2v) is 8.46. The van der Waals surface area contributed by atoms with Gasteiger partial charge in [0.25, 0.3) is 0 Å². The third-order valence-corrected chi connectivity index (χ3v) is 6.65. The molecule has 2 aromatic rings. The summed E-state index contributed by atoms with van der Waals surface area (Å²) in [4.78, 5) is 2.47. The predicted molar refractivity (Wildman–Crippen MR) is 101 cm³/mol. The summed E-state index contributed by atoms with van der Waals surface area (Å²) in [5, 5.41) is 0. The van der Waals surface area contributed by atoms with Crippen LogP contribution in [0.3, 0.4) is 0 Å². The minimum atomic E-state index is -3.64. The maximum atomic E-state index is 12.9. The zero-order valence-corrected chi connectivity index (χ0v) is 16.2. The molecule has 0 aromatic heterocycles. The van der Waals surface area contributed by atoms with Crippen LogP contribution in [0.25, 0.3) is 0 Å². The molecule has 1 saturated heterocycles. The molecule has 1 aliphatic rings. The lowest BCUT2D eigenvalue weighted by molar-refractivity contribution is 0.0345. The fourth-order valence-electron chi connectivity index (χ4n) is 2.85. The maximum absolute atomic E-state index is 12.9. The minimum Gasteiger partial charge on any atom is -0.379 e. The SMILES string of the molecule is O=S(=O)(N[C@H](CN1CCOCC1)c1ccccc1)c1ccccc1Br. The van der Waals surface area contributed by atoms with Gasteiger partial charge in [0.05, 0.1) is 24.2 Å². The Balaban J connectivity index is 1.85. The van der Waals surface area contributed by atoms with Crippen molar-refractivity contribution in [3.05, 3.63) is 64.6 Å². The van der Waals surface area contributed by atoms with Gasteiger partial charge in [-0.15, -0.1) is 0 Å². The van der Waals surface area contributed by atoms with Gasteiger partial charge in [-0.25, -0.2) is 13.1 Å². The first-order valence-electron chi connectivity index (χ1n) is 8.18. The molecule has 0 aliphatic carbocycles. The Kier molecular flexibility index (Phi) is 6.24. The van der Waals surface area contributed by atoms with Crippen molar-refractivity contribution < 1.29 is 13.2 Å². The minimum absolute atomic E-state index is 0.248. The Hall–Kier alpha value is -1.25. The summed E-state index contributed by atoms with van der Waals surface area (Å²) >= 11 is 3.33. The highest BCUT2D eigenvalue weighted by Crippen LogP contribution is 2.24. The Morgan fingerprint density at radius 3 is 2.36 bits per heavy atom. The van der Waals surface area contributed by atoms with Crippen molar-refractivity contribution in [1.82, 2.24) is 9.62 Å². The third kappa shape index (κ3) is 4.89. The van der Waals surface area contributed by atoms with E-state index in [0.717, 1.165) is 18.7 Å². The normalized spacial score (nSPS) is 17.3. The summed E-state index contributed by atoms with van der Waals surface area (Å²) in [5.41, 5.74) is 0.949. The Bertz CT molecular complexity index is 793. The van der Waals surface area contributed by atoms with E-state index < -0.39 is 10.0 Å². The fraction of sp³-hybridized carbons (Fsp3) is 0.333. The Morgan fingerprint density at radius 1 is 1.04 bits per heavy atom. The second kappa shape index (κ2) is 8.42. The molecule has 1 aliphatic heterocycles. The third-order valence-electron chi connectivity index (χ3n) is 4.17. The number of nitrogens with zero attached hydrogens (tertiary/aromatic N) is 1. The van der Waals surface area contributed by atoms with Crippen LogP contribution in [-0.4, -0.2) is 46.2 Å². The van der Waals surface area contributed by atoms with Gasteiger partial charge in [0.1, 0.15) is 0 Å². The van der Waals surface area contributed by atoms with Crippen LogP contribution >= 0.6 is 15.9 Å². The van der Waals surface area contributed by atoms with E-state index >= 15 is 0 Å². The lowest BCUT2D eigenvalue weighted by Gasteiger charge is -2.31. The van der Waals surface area contributed by atoms with Crippen molar-refractivity contribution in [2.75, 3.05) is 32.8 Å². The van der Waals surface area contributed by atoms with Crippen molar-refractivity contribution >= 4 is 26.0 Å². The van der Waals surface area contributed by atoms with Gasteiger partial charge in [-0.05, 0) is 33.6 Å². The van der Waals surface area contributed by atoms with Crippen LogP contribution in [0.5, 0.6) is 0 Å². The lowest BCUT2D eigenvalue weighted by atomic mass is 10.1. The summed E-state index contributed by atoms with van der Waals surface area (Å²) in [7, 11) is -3.64. The van der Waals surface area contributed by atoms with Gasteiger partial charge in [0, 0.05) is 24.1 Å². The van der Waals surface area contributed by atoms with Crippen molar-refractivity contribution in [3.8, 4) is 0 Å². The molecule has 1 fully saturated rings. The topological polar surface area (TPSA) is 58.6 Å². The van der Waals surface area contributed by atoms with Crippen LogP contribution in [0.2, 0.25) is 0 Å². The van der Waals surface area contributed by atoms with Crippen LogP contribution < -0.4 is 4.72 Å². The molecule has 134 valence electrons. The van der Waals surface area contributed by atoms with E-state index in [1.165, 1.54) is 0 Å². The summed E-state index contributed by atoms with van der Waals surface area (Å²) < 4.78 is 34.6. The number of rotatable bonds is 6. The van der Waals surface area contributed by atoms with Gasteiger partial charge in [-0.3, -0.25) is 4.90 Å². The van der Waals surface area contributed by atoms with E-state index in [-0.39, 0.29) is 10.9 Å². The highest BCUT2D eigenvalue weighted by molar-refractivity contribution is 9.10. The van der Waals surface area contributed by atoms with E-state index in [0.29, 0.717) is 24.2 Å². The van der Waals surface area contributed by atoms with Crippen LogP contribution in [0.15, 0.2) is 64.0 Å². The number of hydrogen-bond donors (Lipinski definition) is 1. The molecule has 3 rings (SSSR count). The largest absolute Gasteiger partial charge is 0.379 e. The molecule has 0 spiro atoms. The number of ether oxygens (including phenoxy) is 1. The standard InChI is InChI=1S/C18H21BrN2O3S/c19-16-8-4-5-9-18(16)25(22,23)20-17(15-6-2-1-3-7-15)14-21-10-12-24-13-11-21/h1-9,17,20H,10-14H2/t17-/m1/s1. The number of benzene rings is 2. The van der Waals surface area contributed by atoms with Gasteiger partial charge >= 0.3 is 0 Å². The highest BCUT2D eigenvalue weighted by Gasteiger charge is 2.25. The molecule has 25 heavy (non-hydrogen) atoms. The first kappa shape index (κ1) is 18.5. The molecule has 0 unspecified atom stereocenters. The molecule has 2 aromatic carbocycles. The van der Waals surface area contributed by atoms with Gasteiger partial charge in [-0.1, -0.05) is 42.5 Å². The van der Waals surface area contributed by atoms with Crippen LogP contribution in [0.4, 0.5) is 0 Å². The van der Waals surface area contributed by atoms with Crippen LogP contribution in [-0.2, 0) is 14.8 Å². The van der Waals surface area contributed by atoms with Crippen LogP contribution in [0.1, 0.15) is 11.6 Å². The second-order valence-electron chi connectivity index (χ2n) is 5.93. The molecular weight excluding hydrogens is 404 g/mol. The maximum Gasteiger partial charge on any atom is 0.242 e. The molecule has 0 amide bonds. The average Bonchev–Trinajstić information content (AvgIpc) is 2.63. The van der Waals surface area contributed by atoms with Gasteiger partial charge in [0.15, 0.2) is 0 Å². The highest BCUT2D eigenvalue weighted by atomic mass is 79.9. The van der Waals surface area contributed by atoms with Crippen molar-refractivity contribution in [2.45, 2.75) is 10.9 Å². The number of halogens is 1. The predicted octanol–water partition coefficient (Wildman–Crippen LogP) is 2.80. The van der Waals surface area contributed by atoms with Crippen molar-refractivity contribution in [1.29, 1.82) is 0 Å². The molecule has 7 heteroatoms. The van der Waals surface area contributed by atoms with E-state index in [1.807, 2.05) is 30.3 Å². The summed E-state index contributed by atoms with van der Waals surface area (Å²) in [5.74, 6) is 0. The van der Waals surface area contributed by atoms with Crippen molar-refractivity contribution in [2.24, 2.45) is 0 Å². The number of nitrogens with one attached hydrogen (secondary N) is 1. The first-order chi connectivity index (χ1) is 12.1. The Morgan fingerprint density at radius 2 is 1.68 bits per heavy atom. The van der Waals surface area contributed by atoms with E-state index in [2.05, 4.69) is 25.6 Å². The number of morpholine rings is 1. The molecular formula is C18H21BrN2O3S. The zero-order chi connectivity index (χ0) is 17.7. The first-order valence-corrected chi connectivity index (χ1v) is 10.5. The molecule has 5 nitrogen and oxygen atoms in total. The van der Waals surface area contributed by atoms with Crippen LogP contribution in [0, 0.1) is 0 Å². The number of hydrogen-bond acceptors (Lipinski definition) is 4. The molecule has 1 N–H and O–H groups in total. The fourth-order valence-corrected chi connectivity index (χ4v) is 5.07. The Labute approximate surface area is 157 Å². The molecule has 0 bridgehead atoms. The summed E-state index contributed by atoms with van der Waals surface area (Å²) in [6.45, 7) is 3.58. The van der Waals surface area contributed by atoms with E-state index in [1.54, 1.807) is 24.3 Å². The molecule has 1 atom stereocenters. The number of sulfonamides is 1. The summed E-state index contributed by atoms with van der Waals surface area (Å²) in [6, 6.07) is 16.2. The lowest BCUT2D eigenvalue weighted by Crippen LogP contribution is -2.43. The van der Waals surface area contributed by atoms with E-state index in [4.69, 9.17) is 4.74 Å². The van der Waals surface area contributed by atoms with Gasteiger partial charge < -0.3 is 4.74 Å². The van der Waals surface area contributed by atoms with E-state index in [9.17, 15) is 8.42 Å². The monoisotopic (exact) mass is 424 g/mol. The molecule has 1 heterocycles. The average molecular weight is 425 g/mol. The zero-order valence-electron chi connectivity index (χ0n) is 13.8.